The van der Waals surface area contributed by atoms with Crippen molar-refractivity contribution in [2.75, 3.05) is 0 Å². The molecule has 0 amide bonds. The summed E-state index contributed by atoms with van der Waals surface area (Å²) in [5, 5.41) is 2.65. The first-order chi connectivity index (χ1) is 12.2. The van der Waals surface area contributed by atoms with Gasteiger partial charge >= 0.3 is 0 Å². The van der Waals surface area contributed by atoms with Crippen LogP contribution in [-0.4, -0.2) is 5.78 Å². The Morgan fingerprint density at radius 1 is 0.880 bits per heavy atom. The molecule has 0 N–H and O–H groups in total. The molecule has 4 rings (SSSR count). The second kappa shape index (κ2) is 6.21. The van der Waals surface area contributed by atoms with Crippen LogP contribution in [-0.2, 0) is 0 Å². The summed E-state index contributed by atoms with van der Waals surface area (Å²) in [6.45, 7) is 0. The summed E-state index contributed by atoms with van der Waals surface area (Å²) in [6, 6.07) is 20.9. The Kier molecular flexibility index (Phi) is 3.75. The van der Waals surface area contributed by atoms with Crippen molar-refractivity contribution in [3.63, 3.8) is 0 Å². The molecule has 0 atom stereocenters. The zero-order valence-corrected chi connectivity index (χ0v) is 13.3. The molecule has 0 bridgehead atoms. The predicted molar refractivity (Wildman–Crippen MR) is 99.8 cm³/mol. The van der Waals surface area contributed by atoms with Gasteiger partial charge in [0, 0.05) is 0 Å². The quantitative estimate of drug-likeness (QED) is 0.400. The van der Waals surface area contributed by atoms with Crippen LogP contribution in [0, 0.1) is 0 Å². The molecule has 3 nitrogen and oxygen atoms in total. The van der Waals surface area contributed by atoms with Gasteiger partial charge in [0.05, 0.1) is 5.39 Å². The molecule has 1 aromatic heterocycles. The normalized spacial score (nSPS) is 11.4. The molecule has 0 radical (unpaired) electrons. The van der Waals surface area contributed by atoms with Gasteiger partial charge in [-0.3, -0.25) is 9.59 Å². The van der Waals surface area contributed by atoms with Crippen molar-refractivity contribution >= 4 is 33.6 Å². The average Bonchev–Trinajstić information content (AvgIpc) is 2.66. The van der Waals surface area contributed by atoms with Crippen LogP contribution in [0.3, 0.4) is 0 Å². The summed E-state index contributed by atoms with van der Waals surface area (Å²) < 4.78 is 5.40. The van der Waals surface area contributed by atoms with E-state index in [0.717, 1.165) is 16.3 Å². The molecule has 0 spiro atoms. The van der Waals surface area contributed by atoms with Gasteiger partial charge in [-0.2, -0.15) is 0 Å². The molecule has 3 aromatic carbocycles. The highest BCUT2D eigenvalue weighted by atomic mass is 16.3. The van der Waals surface area contributed by atoms with Crippen molar-refractivity contribution in [1.29, 1.82) is 0 Å². The molecule has 0 fully saturated rings. The maximum Gasteiger partial charge on any atom is 0.203 e. The molecule has 0 saturated carbocycles. The van der Waals surface area contributed by atoms with Crippen LogP contribution in [0.2, 0.25) is 0 Å². The third-order valence-electron chi connectivity index (χ3n) is 4.15. The smallest absolute Gasteiger partial charge is 0.203 e. The van der Waals surface area contributed by atoms with E-state index in [1.165, 1.54) is 12.3 Å². The number of rotatable bonds is 3. The van der Waals surface area contributed by atoms with E-state index in [4.69, 9.17) is 4.42 Å². The molecule has 0 saturated heterocycles. The highest BCUT2D eigenvalue weighted by Crippen LogP contribution is 2.17. The maximum absolute atomic E-state index is 12.4. The van der Waals surface area contributed by atoms with Crippen molar-refractivity contribution < 1.29 is 9.21 Å². The molecular weight excluding hydrogens is 312 g/mol. The highest BCUT2D eigenvalue weighted by molar-refractivity contribution is 6.07. The van der Waals surface area contributed by atoms with E-state index in [0.29, 0.717) is 11.0 Å². The van der Waals surface area contributed by atoms with Crippen LogP contribution < -0.4 is 5.43 Å². The largest absolute Gasteiger partial charge is 0.463 e. The van der Waals surface area contributed by atoms with Crippen molar-refractivity contribution in [3.05, 3.63) is 100 Å². The molecule has 120 valence electrons. The van der Waals surface area contributed by atoms with Gasteiger partial charge in [0.25, 0.3) is 0 Å². The molecule has 0 aliphatic heterocycles. The molecule has 0 aliphatic carbocycles. The molecule has 0 aliphatic rings. The van der Waals surface area contributed by atoms with Crippen molar-refractivity contribution in [2.24, 2.45) is 0 Å². The van der Waals surface area contributed by atoms with Gasteiger partial charge in [0.2, 0.25) is 5.43 Å². The summed E-state index contributed by atoms with van der Waals surface area (Å²) in [4.78, 5) is 24.8. The second-order valence-corrected chi connectivity index (χ2v) is 5.78. The molecule has 1 heterocycles. The maximum atomic E-state index is 12.4. The fraction of sp³-hybridized carbons (Fsp3) is 0. The molecule has 3 heteroatoms. The minimum Gasteiger partial charge on any atom is -0.463 e. The van der Waals surface area contributed by atoms with E-state index < -0.39 is 0 Å². The number of ketones is 1. The van der Waals surface area contributed by atoms with E-state index in [-0.39, 0.29) is 16.8 Å². The van der Waals surface area contributed by atoms with Gasteiger partial charge in [-0.15, -0.1) is 0 Å². The first-order valence-electron chi connectivity index (χ1n) is 7.94. The lowest BCUT2D eigenvalue weighted by Gasteiger charge is -2.00. The van der Waals surface area contributed by atoms with Crippen LogP contribution >= 0.6 is 0 Å². The lowest BCUT2D eigenvalue weighted by atomic mass is 10.1. The summed E-state index contributed by atoms with van der Waals surface area (Å²) >= 11 is 0. The van der Waals surface area contributed by atoms with E-state index in [1.54, 1.807) is 30.3 Å². The molecule has 25 heavy (non-hydrogen) atoms. The van der Waals surface area contributed by atoms with Crippen LogP contribution in [0.5, 0.6) is 0 Å². The first kappa shape index (κ1) is 15.1. The zero-order chi connectivity index (χ0) is 17.2. The predicted octanol–water partition coefficient (Wildman–Crippen LogP) is 4.84. The summed E-state index contributed by atoms with van der Waals surface area (Å²) in [5.74, 6) is -0.368. The second-order valence-electron chi connectivity index (χ2n) is 5.78. The summed E-state index contributed by atoms with van der Waals surface area (Å²) in [7, 11) is 0. The first-order valence-corrected chi connectivity index (χ1v) is 7.94. The number of para-hydroxylation sites is 1. The third kappa shape index (κ3) is 2.88. The monoisotopic (exact) mass is 326 g/mol. The number of carbonyl (C=O) groups is 1. The number of carbonyl (C=O) groups excluding carboxylic acids is 1. The molecular formula is C22H14O3. The highest BCUT2D eigenvalue weighted by Gasteiger charge is 2.11. The van der Waals surface area contributed by atoms with Crippen LogP contribution in [0.1, 0.15) is 15.9 Å². The topological polar surface area (TPSA) is 47.3 Å². The Balaban J connectivity index is 1.68. The Labute approximate surface area is 143 Å². The minimum absolute atomic E-state index is 0.0377. The standard InChI is InChI=1S/C22H14O3/c23-20(19-14-25-21-8-4-3-7-18(21)22(19)24)12-10-15-9-11-16-5-1-2-6-17(16)13-15/h1-14H/b12-10+. The fourth-order valence-corrected chi connectivity index (χ4v) is 2.82. The molecule has 4 aromatic rings. The Bertz CT molecular complexity index is 1180. The van der Waals surface area contributed by atoms with E-state index >= 15 is 0 Å². The Morgan fingerprint density at radius 3 is 2.52 bits per heavy atom. The Hall–Kier alpha value is -3.46. The van der Waals surface area contributed by atoms with Gasteiger partial charge in [-0.25, -0.2) is 0 Å². The fourth-order valence-electron chi connectivity index (χ4n) is 2.82. The van der Waals surface area contributed by atoms with Gasteiger partial charge in [-0.1, -0.05) is 54.6 Å². The average molecular weight is 326 g/mol. The lowest BCUT2D eigenvalue weighted by molar-refractivity contribution is 0.104. The van der Waals surface area contributed by atoms with Gasteiger partial charge < -0.3 is 4.42 Å². The minimum atomic E-state index is -0.368. The lowest BCUT2D eigenvalue weighted by Crippen LogP contribution is -2.13. The van der Waals surface area contributed by atoms with Crippen LogP contribution in [0.4, 0.5) is 0 Å². The number of allylic oxidation sites excluding steroid dienone is 1. The third-order valence-corrected chi connectivity index (χ3v) is 4.15. The van der Waals surface area contributed by atoms with Crippen molar-refractivity contribution in [2.45, 2.75) is 0 Å². The van der Waals surface area contributed by atoms with E-state index in [9.17, 15) is 9.59 Å². The van der Waals surface area contributed by atoms with Gasteiger partial charge in [0.1, 0.15) is 17.4 Å². The summed E-state index contributed by atoms with van der Waals surface area (Å²) in [6.07, 6.45) is 4.35. The van der Waals surface area contributed by atoms with E-state index in [2.05, 4.69) is 0 Å². The van der Waals surface area contributed by atoms with Crippen LogP contribution in [0.25, 0.3) is 27.8 Å². The van der Waals surface area contributed by atoms with Gasteiger partial charge in [0.15, 0.2) is 5.78 Å². The number of benzene rings is 3. The number of hydrogen-bond acceptors (Lipinski definition) is 3. The Morgan fingerprint density at radius 2 is 1.64 bits per heavy atom. The zero-order valence-electron chi connectivity index (χ0n) is 13.3. The van der Waals surface area contributed by atoms with Crippen molar-refractivity contribution in [1.82, 2.24) is 0 Å². The van der Waals surface area contributed by atoms with Crippen LogP contribution in [0.15, 0.2) is 88.3 Å². The van der Waals surface area contributed by atoms with Crippen molar-refractivity contribution in [3.8, 4) is 0 Å². The van der Waals surface area contributed by atoms with Gasteiger partial charge in [-0.05, 0) is 40.6 Å². The number of hydrogen-bond donors (Lipinski definition) is 0. The molecule has 0 unspecified atom stereocenters. The van der Waals surface area contributed by atoms with E-state index in [1.807, 2.05) is 42.5 Å². The summed E-state index contributed by atoms with van der Waals surface area (Å²) in [5.41, 5.74) is 1.10. The SMILES string of the molecule is O=C(/C=C/c1ccc2ccccc2c1)c1coc2ccccc2c1=O. The number of fused-ring (bicyclic) bond motifs is 2.